The molecule has 3 N–H and O–H groups in total. The summed E-state index contributed by atoms with van der Waals surface area (Å²) in [7, 11) is 0. The van der Waals surface area contributed by atoms with Crippen LogP contribution < -0.4 is 14.8 Å². The van der Waals surface area contributed by atoms with Crippen LogP contribution in [0.2, 0.25) is 0 Å². The minimum absolute atomic E-state index is 0.0196. The zero-order valence-electron chi connectivity index (χ0n) is 43.5. The number of carbonyl (C=O) groups excluding carboxylic acids is 2. The van der Waals surface area contributed by atoms with Crippen molar-refractivity contribution in [2.45, 2.75) is 154 Å². The van der Waals surface area contributed by atoms with Crippen molar-refractivity contribution in [2.24, 2.45) is 22.9 Å². The summed E-state index contributed by atoms with van der Waals surface area (Å²) in [5.41, 5.74) is 4.33. The zero-order chi connectivity index (χ0) is 51.3. The number of carbonyl (C=O) groups is 2. The Morgan fingerprint density at radius 2 is 1.55 bits per heavy atom. The topological polar surface area (TPSA) is 148 Å². The minimum atomic E-state index is -1.51. The van der Waals surface area contributed by atoms with Crippen molar-refractivity contribution in [3.63, 3.8) is 0 Å². The number of hydrogen-bond donors (Lipinski definition) is 3. The van der Waals surface area contributed by atoms with Gasteiger partial charge in [0.2, 0.25) is 5.79 Å². The average molecular weight is 1000 g/mol. The molecule has 73 heavy (non-hydrogen) atoms. The van der Waals surface area contributed by atoms with E-state index in [2.05, 4.69) is 43.1 Å². The summed E-state index contributed by atoms with van der Waals surface area (Å²) in [6.07, 6.45) is 19.7. The smallest absolute Gasteiger partial charge is 0.412 e. The molecule has 6 unspecified atom stereocenters. The van der Waals surface area contributed by atoms with Gasteiger partial charge in [0.15, 0.2) is 0 Å². The van der Waals surface area contributed by atoms with Gasteiger partial charge in [0.1, 0.15) is 24.1 Å². The number of allylic oxidation sites excluding steroid dienone is 1. The molecule has 0 radical (unpaired) electrons. The molecular formula is C61H81N3O9. The van der Waals surface area contributed by atoms with Crippen molar-refractivity contribution in [3.8, 4) is 11.5 Å². The maximum Gasteiger partial charge on any atom is 0.412 e. The van der Waals surface area contributed by atoms with Crippen LogP contribution in [-0.2, 0) is 27.5 Å². The molecule has 4 aromatic carbocycles. The first-order valence-corrected chi connectivity index (χ1v) is 27.5. The molecule has 0 aromatic heterocycles. The molecule has 6 atom stereocenters. The van der Waals surface area contributed by atoms with Crippen LogP contribution in [-0.4, -0.2) is 77.8 Å². The van der Waals surface area contributed by atoms with Crippen LogP contribution in [0, 0.1) is 17.8 Å². The molecule has 7 rings (SSSR count). The number of aliphatic hydroxyl groups is 2. The molecule has 12 heteroatoms. The molecule has 12 nitrogen and oxygen atoms in total. The van der Waals surface area contributed by atoms with E-state index in [1.54, 1.807) is 24.0 Å². The van der Waals surface area contributed by atoms with Crippen LogP contribution in [0.25, 0.3) is 10.8 Å². The highest BCUT2D eigenvalue weighted by Crippen LogP contribution is 2.62. The highest BCUT2D eigenvalue weighted by molar-refractivity contribution is 6.03. The molecule has 394 valence electrons. The fourth-order valence-electron chi connectivity index (χ4n) is 11.5. The second kappa shape index (κ2) is 28.7. The lowest BCUT2D eigenvalue weighted by Gasteiger charge is -2.59. The van der Waals surface area contributed by atoms with Gasteiger partial charge in [-0.2, -0.15) is 0 Å². The fraction of sp³-hybridized carbons (Fsp3) is 0.525. The van der Waals surface area contributed by atoms with E-state index in [0.29, 0.717) is 36.6 Å². The monoisotopic (exact) mass is 1000 g/mol. The van der Waals surface area contributed by atoms with Gasteiger partial charge < -0.3 is 39.3 Å². The van der Waals surface area contributed by atoms with Gasteiger partial charge in [-0.3, -0.25) is 4.90 Å². The summed E-state index contributed by atoms with van der Waals surface area (Å²) in [5.74, 6) is -1.43. The third kappa shape index (κ3) is 14.3. The first-order valence-electron chi connectivity index (χ1n) is 27.5. The predicted molar refractivity (Wildman–Crippen MR) is 289 cm³/mol. The molecule has 0 saturated heterocycles. The van der Waals surface area contributed by atoms with Gasteiger partial charge in [0.05, 0.1) is 31.4 Å². The Hall–Kier alpha value is -5.69. The van der Waals surface area contributed by atoms with Crippen LogP contribution in [0.15, 0.2) is 120 Å². The number of unbranched alkanes of at least 4 members (excludes halogenated alkanes) is 11. The largest absolute Gasteiger partial charge is 0.459 e. The van der Waals surface area contributed by atoms with Gasteiger partial charge in [-0.15, -0.1) is 6.58 Å². The highest BCUT2D eigenvalue weighted by Gasteiger charge is 2.65. The number of ether oxygens (including phenoxy) is 4. The van der Waals surface area contributed by atoms with Crippen LogP contribution in [0.1, 0.15) is 146 Å². The fourth-order valence-corrected chi connectivity index (χ4v) is 11.5. The van der Waals surface area contributed by atoms with Crippen molar-refractivity contribution in [1.82, 2.24) is 10.2 Å². The average Bonchev–Trinajstić information content (AvgIpc) is 3.40. The van der Waals surface area contributed by atoms with Gasteiger partial charge in [-0.25, -0.2) is 9.59 Å². The second-order valence-electron chi connectivity index (χ2n) is 20.0. The molecule has 3 aliphatic rings. The Bertz CT molecular complexity index is 2420. The Kier molecular flexibility index (Phi) is 21.6. The van der Waals surface area contributed by atoms with Crippen LogP contribution in [0.3, 0.4) is 0 Å². The number of nitrogens with one attached hydrogen (secondary N) is 1. The van der Waals surface area contributed by atoms with Crippen LogP contribution >= 0.6 is 0 Å². The van der Waals surface area contributed by atoms with Crippen LogP contribution in [0.4, 0.5) is 9.59 Å². The zero-order valence-corrected chi connectivity index (χ0v) is 43.5. The second-order valence-corrected chi connectivity index (χ2v) is 20.0. The van der Waals surface area contributed by atoms with Gasteiger partial charge >= 0.3 is 12.2 Å². The van der Waals surface area contributed by atoms with E-state index < -0.39 is 29.9 Å². The molecule has 2 amide bonds. The summed E-state index contributed by atoms with van der Waals surface area (Å²) in [4.78, 5) is 36.4. The normalized spacial score (nSPS) is 21.3. The summed E-state index contributed by atoms with van der Waals surface area (Å²) in [6, 6.07) is 28.9. The summed E-state index contributed by atoms with van der Waals surface area (Å²) < 4.78 is 26.7. The summed E-state index contributed by atoms with van der Waals surface area (Å²) in [5, 5.41) is 30.2. The van der Waals surface area contributed by atoms with E-state index in [9.17, 15) is 19.8 Å². The van der Waals surface area contributed by atoms with E-state index in [-0.39, 0.29) is 63.8 Å². The molecular weight excluding hydrogens is 919 g/mol. The molecule has 4 aromatic rings. The number of amides is 2. The maximum atomic E-state index is 14.8. The SMILES string of the molecule is C=CCOC12Oc3ccc(OC(=O)NCCCCCCCCCCCC)cc3C3C(CCCCO)C(CCCCO)C=C(C(=NOCc4ccccc4)CC1N(Cc1cccc4ccccc14)C(=O)OCC)C32. The van der Waals surface area contributed by atoms with Crippen molar-refractivity contribution in [3.05, 3.63) is 132 Å². The van der Waals surface area contributed by atoms with E-state index in [1.165, 1.54) is 44.9 Å². The van der Waals surface area contributed by atoms with E-state index in [4.69, 9.17) is 28.9 Å². The number of oxime groups is 1. The Balaban J connectivity index is 1.30. The molecule has 1 saturated carbocycles. The van der Waals surface area contributed by atoms with Crippen molar-refractivity contribution < 1.29 is 43.6 Å². The quantitative estimate of drug-likeness (QED) is 0.0264. The third-order valence-corrected chi connectivity index (χ3v) is 15.0. The standard InChI is InChI=1S/C61H81N3O9/c1-4-7-8-9-10-11-12-13-14-22-36-62-59(67)72-49-34-35-55-53(41-49)57-51(33-21-24-38-66)47(29-20-23-37-65)40-52-54(63-71-44-45-26-16-15-17-27-45)42-56(61(73-55,58(52)57)70-39-5-2)64(60(68)69-6-3)43-48-31-25-30-46-28-18-19-32-50(46)48/h5,15-19,25-28,30-32,34-35,40-41,47,51,56-58,65-66H,2,4,6-14,20-24,29,33,36-39,42-44H2,1,3H3,(H,62,67). The summed E-state index contributed by atoms with van der Waals surface area (Å²) in [6.45, 7) is 9.49. The third-order valence-electron chi connectivity index (χ3n) is 15.0. The first-order chi connectivity index (χ1) is 35.8. The Labute approximate surface area is 434 Å². The lowest BCUT2D eigenvalue weighted by atomic mass is 9.55. The number of nitrogens with zero attached hydrogens (tertiary/aromatic N) is 2. The molecule has 2 aliphatic carbocycles. The summed E-state index contributed by atoms with van der Waals surface area (Å²) >= 11 is 0. The first kappa shape index (κ1) is 55.1. The van der Waals surface area contributed by atoms with Crippen LogP contribution in [0.5, 0.6) is 11.5 Å². The van der Waals surface area contributed by atoms with Gasteiger partial charge in [-0.05, 0) is 96.5 Å². The predicted octanol–water partition coefficient (Wildman–Crippen LogP) is 13.3. The van der Waals surface area contributed by atoms with E-state index in [1.807, 2.05) is 66.7 Å². The highest BCUT2D eigenvalue weighted by atomic mass is 16.7. The number of hydrogen-bond acceptors (Lipinski definition) is 10. The Morgan fingerprint density at radius 1 is 0.836 bits per heavy atom. The molecule has 1 heterocycles. The molecule has 1 fully saturated rings. The van der Waals surface area contributed by atoms with Gasteiger partial charge in [0.25, 0.3) is 0 Å². The molecule has 0 bridgehead atoms. The minimum Gasteiger partial charge on any atom is -0.459 e. The molecule has 0 spiro atoms. The Morgan fingerprint density at radius 3 is 2.29 bits per heavy atom. The van der Waals surface area contributed by atoms with Crippen molar-refractivity contribution >= 4 is 28.7 Å². The van der Waals surface area contributed by atoms with Gasteiger partial charge in [-0.1, -0.05) is 168 Å². The lowest BCUT2D eigenvalue weighted by Crippen LogP contribution is -2.70. The van der Waals surface area contributed by atoms with Crippen molar-refractivity contribution in [1.29, 1.82) is 0 Å². The van der Waals surface area contributed by atoms with Crippen molar-refractivity contribution in [2.75, 3.05) is 33.0 Å². The molecule has 1 aliphatic heterocycles. The number of benzene rings is 4. The number of rotatable bonds is 30. The number of aliphatic hydroxyl groups excluding tert-OH is 2. The lowest BCUT2D eigenvalue weighted by molar-refractivity contribution is -0.256. The van der Waals surface area contributed by atoms with E-state index >= 15 is 0 Å². The van der Waals surface area contributed by atoms with Gasteiger partial charge in [0, 0.05) is 37.7 Å². The van der Waals surface area contributed by atoms with E-state index in [0.717, 1.165) is 78.0 Å². The maximum absolute atomic E-state index is 14.8. The number of fused-ring (bicyclic) bond motifs is 3.